The van der Waals surface area contributed by atoms with Crippen LogP contribution in [-0.4, -0.2) is 25.5 Å². The molecule has 0 atom stereocenters. The van der Waals surface area contributed by atoms with E-state index >= 15 is 0 Å². The quantitative estimate of drug-likeness (QED) is 0.268. The first-order valence-corrected chi connectivity index (χ1v) is 11.9. The highest BCUT2D eigenvalue weighted by molar-refractivity contribution is 9.10. The maximum absolute atomic E-state index is 12.6. The van der Waals surface area contributed by atoms with Gasteiger partial charge in [0.15, 0.2) is 18.1 Å². The van der Waals surface area contributed by atoms with Crippen LogP contribution in [0.1, 0.15) is 22.3 Å². The maximum Gasteiger partial charge on any atom is 0.266 e. The van der Waals surface area contributed by atoms with Crippen LogP contribution in [-0.2, 0) is 9.59 Å². The third kappa shape index (κ3) is 6.96. The number of nitrogens with zero attached hydrogens (tertiary/aromatic N) is 1. The number of rotatable bonds is 8. The molecular formula is C28H26BrN3O4. The molecule has 184 valence electrons. The van der Waals surface area contributed by atoms with Crippen molar-refractivity contribution in [2.75, 3.05) is 24.4 Å². The first kappa shape index (κ1) is 26.5. The van der Waals surface area contributed by atoms with Crippen molar-refractivity contribution in [3.8, 4) is 17.6 Å². The Morgan fingerprint density at radius 1 is 1.03 bits per heavy atom. The van der Waals surface area contributed by atoms with Crippen molar-refractivity contribution >= 4 is 45.2 Å². The lowest BCUT2D eigenvalue weighted by molar-refractivity contribution is -0.118. The monoisotopic (exact) mass is 547 g/mol. The molecule has 0 heterocycles. The van der Waals surface area contributed by atoms with Gasteiger partial charge in [0.25, 0.3) is 11.8 Å². The van der Waals surface area contributed by atoms with Gasteiger partial charge in [-0.05, 0) is 89.8 Å². The summed E-state index contributed by atoms with van der Waals surface area (Å²) in [5, 5.41) is 15.1. The van der Waals surface area contributed by atoms with Crippen LogP contribution in [0.4, 0.5) is 11.4 Å². The largest absolute Gasteiger partial charge is 0.493 e. The number of hydrogen-bond acceptors (Lipinski definition) is 5. The molecule has 0 aliphatic rings. The van der Waals surface area contributed by atoms with E-state index in [1.807, 2.05) is 63.2 Å². The van der Waals surface area contributed by atoms with Gasteiger partial charge in [-0.3, -0.25) is 9.59 Å². The van der Waals surface area contributed by atoms with E-state index < -0.39 is 5.91 Å². The highest BCUT2D eigenvalue weighted by Crippen LogP contribution is 2.37. The van der Waals surface area contributed by atoms with E-state index in [1.165, 1.54) is 13.2 Å². The van der Waals surface area contributed by atoms with Gasteiger partial charge >= 0.3 is 0 Å². The fraction of sp³-hybridized carbons (Fsp3) is 0.179. The second kappa shape index (κ2) is 12.0. The summed E-state index contributed by atoms with van der Waals surface area (Å²) < 4.78 is 11.7. The zero-order chi connectivity index (χ0) is 26.2. The predicted molar refractivity (Wildman–Crippen MR) is 144 cm³/mol. The second-order valence-electron chi connectivity index (χ2n) is 8.18. The number of nitrogens with one attached hydrogen (secondary N) is 2. The molecule has 3 aromatic rings. The molecule has 0 unspecified atom stereocenters. The predicted octanol–water partition coefficient (Wildman–Crippen LogP) is 5.95. The number of methoxy groups -OCH3 is 1. The van der Waals surface area contributed by atoms with Crippen LogP contribution < -0.4 is 20.1 Å². The smallest absolute Gasteiger partial charge is 0.266 e. The fourth-order valence-corrected chi connectivity index (χ4v) is 4.05. The van der Waals surface area contributed by atoms with E-state index in [-0.39, 0.29) is 18.1 Å². The summed E-state index contributed by atoms with van der Waals surface area (Å²) in [5.41, 5.74) is 4.84. The van der Waals surface area contributed by atoms with Gasteiger partial charge in [-0.2, -0.15) is 5.26 Å². The number of anilines is 2. The van der Waals surface area contributed by atoms with E-state index in [2.05, 4.69) is 26.6 Å². The van der Waals surface area contributed by atoms with Gasteiger partial charge in [-0.15, -0.1) is 0 Å². The molecule has 2 N–H and O–H groups in total. The summed E-state index contributed by atoms with van der Waals surface area (Å²) in [6.07, 6.45) is 1.45. The normalized spacial score (nSPS) is 10.8. The summed E-state index contributed by atoms with van der Waals surface area (Å²) in [5.74, 6) is -0.180. The molecule has 0 spiro atoms. The molecule has 7 nitrogen and oxygen atoms in total. The van der Waals surface area contributed by atoms with Crippen LogP contribution in [0.15, 0.2) is 64.6 Å². The number of carbonyl (C=O) groups excluding carboxylic acids is 2. The van der Waals surface area contributed by atoms with Crippen molar-refractivity contribution in [1.29, 1.82) is 5.26 Å². The van der Waals surface area contributed by atoms with Crippen molar-refractivity contribution in [3.05, 3.63) is 86.9 Å². The van der Waals surface area contributed by atoms with Gasteiger partial charge in [-0.1, -0.05) is 29.8 Å². The van der Waals surface area contributed by atoms with Crippen molar-refractivity contribution in [2.24, 2.45) is 0 Å². The van der Waals surface area contributed by atoms with Crippen LogP contribution in [0.5, 0.6) is 11.5 Å². The molecule has 3 rings (SSSR count). The topological polar surface area (TPSA) is 100 Å². The van der Waals surface area contributed by atoms with Crippen LogP contribution in [0.3, 0.4) is 0 Å². The lowest BCUT2D eigenvalue weighted by Gasteiger charge is -2.14. The average molecular weight is 548 g/mol. The first-order valence-electron chi connectivity index (χ1n) is 11.1. The second-order valence-corrected chi connectivity index (χ2v) is 9.04. The number of aryl methyl sites for hydroxylation is 3. The van der Waals surface area contributed by atoms with E-state index in [4.69, 9.17) is 9.47 Å². The average Bonchev–Trinajstić information content (AvgIpc) is 2.83. The minimum absolute atomic E-state index is 0.0769. The van der Waals surface area contributed by atoms with Crippen LogP contribution in [0, 0.1) is 32.1 Å². The Bertz CT molecular complexity index is 1380. The van der Waals surface area contributed by atoms with Crippen molar-refractivity contribution in [2.45, 2.75) is 20.8 Å². The van der Waals surface area contributed by atoms with Gasteiger partial charge in [-0.25, -0.2) is 0 Å². The van der Waals surface area contributed by atoms with Crippen LogP contribution in [0.2, 0.25) is 0 Å². The van der Waals surface area contributed by atoms with Crippen molar-refractivity contribution in [3.63, 3.8) is 0 Å². The van der Waals surface area contributed by atoms with Crippen LogP contribution in [0.25, 0.3) is 6.08 Å². The lowest BCUT2D eigenvalue weighted by Crippen LogP contribution is -2.21. The zero-order valence-electron chi connectivity index (χ0n) is 20.4. The van der Waals surface area contributed by atoms with E-state index in [0.717, 1.165) is 16.7 Å². The number of benzene rings is 3. The van der Waals surface area contributed by atoms with Crippen LogP contribution >= 0.6 is 15.9 Å². The Morgan fingerprint density at radius 3 is 2.44 bits per heavy atom. The Hall–Kier alpha value is -4.09. The summed E-state index contributed by atoms with van der Waals surface area (Å²) in [6.45, 7) is 5.59. The lowest BCUT2D eigenvalue weighted by atomic mass is 10.1. The standard InChI is InChI=1S/C28H26BrN3O4/c1-17-6-5-7-22(11-17)31-28(34)21(15-30)12-20-13-23(29)27(25(14-20)35-4)36-16-26(33)32-24-9-8-18(2)10-19(24)3/h5-14H,16H2,1-4H3,(H,31,34)(H,32,33)/b21-12+. The van der Waals surface area contributed by atoms with Gasteiger partial charge in [0.05, 0.1) is 11.6 Å². The molecule has 2 amide bonds. The molecule has 36 heavy (non-hydrogen) atoms. The molecule has 0 saturated carbocycles. The van der Waals surface area contributed by atoms with E-state index in [0.29, 0.717) is 32.9 Å². The Morgan fingerprint density at radius 2 is 1.78 bits per heavy atom. The Labute approximate surface area is 218 Å². The number of nitriles is 1. The maximum atomic E-state index is 12.6. The zero-order valence-corrected chi connectivity index (χ0v) is 22.0. The number of halogens is 1. The van der Waals surface area contributed by atoms with Gasteiger partial charge < -0.3 is 20.1 Å². The first-order chi connectivity index (χ1) is 17.2. The summed E-state index contributed by atoms with van der Waals surface area (Å²) in [4.78, 5) is 25.1. The fourth-order valence-electron chi connectivity index (χ4n) is 3.48. The summed E-state index contributed by atoms with van der Waals surface area (Å²) in [6, 6.07) is 18.3. The number of ether oxygens (including phenoxy) is 2. The van der Waals surface area contributed by atoms with Gasteiger partial charge in [0.1, 0.15) is 11.6 Å². The van der Waals surface area contributed by atoms with Crippen molar-refractivity contribution < 1.29 is 19.1 Å². The van der Waals surface area contributed by atoms with Gasteiger partial charge in [0.2, 0.25) is 0 Å². The highest BCUT2D eigenvalue weighted by atomic mass is 79.9. The molecule has 0 fully saturated rings. The number of amides is 2. The third-order valence-corrected chi connectivity index (χ3v) is 5.80. The Kier molecular flexibility index (Phi) is 8.87. The molecule has 0 radical (unpaired) electrons. The summed E-state index contributed by atoms with van der Waals surface area (Å²) in [7, 11) is 1.47. The molecule has 3 aromatic carbocycles. The number of carbonyl (C=O) groups is 2. The SMILES string of the molecule is COc1cc(/C=C(\C#N)C(=O)Nc2cccc(C)c2)cc(Br)c1OCC(=O)Nc1ccc(C)cc1C. The highest BCUT2D eigenvalue weighted by Gasteiger charge is 2.16. The van der Waals surface area contributed by atoms with E-state index in [9.17, 15) is 14.9 Å². The van der Waals surface area contributed by atoms with Gasteiger partial charge in [0, 0.05) is 11.4 Å². The molecule has 0 aromatic heterocycles. The number of hydrogen-bond donors (Lipinski definition) is 2. The summed E-state index contributed by atoms with van der Waals surface area (Å²) >= 11 is 3.44. The molecule has 0 aliphatic heterocycles. The third-order valence-electron chi connectivity index (χ3n) is 5.21. The Balaban J connectivity index is 1.74. The molecular weight excluding hydrogens is 522 g/mol. The molecule has 0 saturated heterocycles. The molecule has 0 aliphatic carbocycles. The molecule has 0 bridgehead atoms. The van der Waals surface area contributed by atoms with E-state index in [1.54, 1.807) is 18.2 Å². The minimum Gasteiger partial charge on any atom is -0.493 e. The molecule has 8 heteroatoms. The van der Waals surface area contributed by atoms with Crippen molar-refractivity contribution in [1.82, 2.24) is 0 Å². The minimum atomic E-state index is -0.526.